The van der Waals surface area contributed by atoms with Crippen LogP contribution in [0.5, 0.6) is 0 Å². The van der Waals surface area contributed by atoms with Crippen molar-refractivity contribution >= 4 is 27.0 Å². The summed E-state index contributed by atoms with van der Waals surface area (Å²) in [6.07, 6.45) is 3.13. The van der Waals surface area contributed by atoms with Crippen molar-refractivity contribution in [2.24, 2.45) is 0 Å². The summed E-state index contributed by atoms with van der Waals surface area (Å²) in [4.78, 5) is 28.4. The fourth-order valence-corrected chi connectivity index (χ4v) is 7.49. The number of para-hydroxylation sites is 2. The van der Waals surface area contributed by atoms with Gasteiger partial charge in [-0.1, -0.05) is 24.3 Å². The van der Waals surface area contributed by atoms with Crippen molar-refractivity contribution in [3.8, 4) is 0 Å². The van der Waals surface area contributed by atoms with E-state index in [9.17, 15) is 18.0 Å². The van der Waals surface area contributed by atoms with Gasteiger partial charge in [0.1, 0.15) is 4.90 Å². The molecule has 1 fully saturated rings. The van der Waals surface area contributed by atoms with E-state index >= 15 is 0 Å². The first kappa shape index (κ1) is 24.8. The van der Waals surface area contributed by atoms with Gasteiger partial charge in [0.25, 0.3) is 15.9 Å². The molecular formula is C27H34N4O4S. The van der Waals surface area contributed by atoms with Crippen LogP contribution in [0.2, 0.25) is 0 Å². The van der Waals surface area contributed by atoms with Crippen molar-refractivity contribution in [2.45, 2.75) is 69.5 Å². The molecule has 36 heavy (non-hydrogen) atoms. The highest BCUT2D eigenvalue weighted by molar-refractivity contribution is 7.90. The Kier molecular flexibility index (Phi) is 6.32. The molecule has 192 valence electrons. The van der Waals surface area contributed by atoms with E-state index in [4.69, 9.17) is 0 Å². The zero-order valence-corrected chi connectivity index (χ0v) is 22.0. The third kappa shape index (κ3) is 3.98. The molecule has 0 bridgehead atoms. The third-order valence-corrected chi connectivity index (χ3v) is 9.77. The van der Waals surface area contributed by atoms with E-state index in [2.05, 4.69) is 18.7 Å². The van der Waals surface area contributed by atoms with Crippen LogP contribution in [0.1, 0.15) is 62.9 Å². The molecule has 2 aliphatic rings. The highest BCUT2D eigenvalue weighted by atomic mass is 32.2. The maximum atomic E-state index is 13.2. The molecule has 1 amide bonds. The van der Waals surface area contributed by atoms with Crippen LogP contribution in [0.15, 0.2) is 58.2 Å². The number of hydrogen-bond donors (Lipinski definition) is 0. The number of imidazole rings is 1. The first-order valence-corrected chi connectivity index (χ1v) is 14.2. The van der Waals surface area contributed by atoms with Crippen LogP contribution in [0.4, 0.5) is 0 Å². The van der Waals surface area contributed by atoms with Crippen LogP contribution in [0.25, 0.3) is 11.0 Å². The van der Waals surface area contributed by atoms with Crippen LogP contribution in [0.3, 0.4) is 0 Å². The van der Waals surface area contributed by atoms with Crippen molar-refractivity contribution in [1.29, 1.82) is 0 Å². The Labute approximate surface area is 212 Å². The lowest BCUT2D eigenvalue weighted by molar-refractivity contribution is 0.0664. The van der Waals surface area contributed by atoms with Crippen molar-refractivity contribution in [3.63, 3.8) is 0 Å². The Bertz CT molecular complexity index is 1460. The molecular weight excluding hydrogens is 476 g/mol. The van der Waals surface area contributed by atoms with Gasteiger partial charge in [-0.2, -0.15) is 0 Å². The summed E-state index contributed by atoms with van der Waals surface area (Å²) >= 11 is 0. The van der Waals surface area contributed by atoms with Crippen molar-refractivity contribution in [2.75, 3.05) is 19.6 Å². The second-order valence-corrected chi connectivity index (χ2v) is 12.2. The summed E-state index contributed by atoms with van der Waals surface area (Å²) < 4.78 is 30.5. The van der Waals surface area contributed by atoms with Crippen LogP contribution in [0, 0.1) is 0 Å². The number of aromatic nitrogens is 2. The number of likely N-dealkylation sites (tertiary alicyclic amines) is 1. The molecule has 0 spiro atoms. The number of sulfonamides is 1. The number of aryl methyl sites for hydroxylation is 1. The van der Waals surface area contributed by atoms with Gasteiger partial charge in [-0.25, -0.2) is 17.5 Å². The normalized spacial score (nSPS) is 18.8. The number of carbonyl (C=O) groups excluding carboxylic acids is 1. The summed E-state index contributed by atoms with van der Waals surface area (Å²) in [5.41, 5.74) is 2.17. The molecule has 9 heteroatoms. The summed E-state index contributed by atoms with van der Waals surface area (Å²) in [5, 5.41) is 0. The Balaban J connectivity index is 1.22. The summed E-state index contributed by atoms with van der Waals surface area (Å²) in [6.45, 7) is 8.92. The molecule has 0 N–H and O–H groups in total. The largest absolute Gasteiger partial charge is 0.329 e. The fraction of sp³-hybridized carbons (Fsp3) is 0.481. The number of nitrogens with zero attached hydrogens (tertiary/aromatic N) is 4. The second-order valence-electron chi connectivity index (χ2n) is 10.4. The molecule has 0 saturated carbocycles. The lowest BCUT2D eigenvalue weighted by Gasteiger charge is -2.43. The number of piperidine rings is 1. The molecule has 3 aromatic rings. The highest BCUT2D eigenvalue weighted by Gasteiger charge is 2.41. The lowest BCUT2D eigenvalue weighted by Crippen LogP contribution is -2.49. The molecule has 5 rings (SSSR count). The van der Waals surface area contributed by atoms with E-state index in [1.807, 2.05) is 40.3 Å². The van der Waals surface area contributed by atoms with Gasteiger partial charge < -0.3 is 0 Å². The zero-order valence-electron chi connectivity index (χ0n) is 21.2. The van der Waals surface area contributed by atoms with E-state index in [0.29, 0.717) is 13.0 Å². The number of amides is 1. The van der Waals surface area contributed by atoms with Crippen molar-refractivity contribution < 1.29 is 13.2 Å². The Morgan fingerprint density at radius 1 is 0.944 bits per heavy atom. The minimum Gasteiger partial charge on any atom is -0.298 e. The van der Waals surface area contributed by atoms with Gasteiger partial charge in [-0.15, -0.1) is 0 Å². The maximum absolute atomic E-state index is 13.2. The molecule has 0 radical (unpaired) electrons. The fourth-order valence-electron chi connectivity index (χ4n) is 5.89. The number of benzene rings is 2. The predicted molar refractivity (Wildman–Crippen MR) is 140 cm³/mol. The SMILES string of the molecule is CCn1c(=O)n(C2CCN(C(C)(C)CCCN3C(=O)c4ccccc4S3(=O)=O)CC2)c2ccccc21. The highest BCUT2D eigenvalue weighted by Crippen LogP contribution is 2.33. The van der Waals surface area contributed by atoms with Gasteiger partial charge in [0.05, 0.1) is 16.6 Å². The van der Waals surface area contributed by atoms with Crippen molar-refractivity contribution in [3.05, 3.63) is 64.6 Å². The zero-order chi connectivity index (χ0) is 25.7. The molecule has 2 aromatic carbocycles. The first-order valence-electron chi connectivity index (χ1n) is 12.8. The average Bonchev–Trinajstić information content (AvgIpc) is 3.26. The number of rotatable bonds is 7. The van der Waals surface area contributed by atoms with E-state index in [1.165, 1.54) is 6.07 Å². The van der Waals surface area contributed by atoms with E-state index in [-0.39, 0.29) is 34.3 Å². The second kappa shape index (κ2) is 9.19. The number of hydrogen-bond acceptors (Lipinski definition) is 5. The van der Waals surface area contributed by atoms with Gasteiger partial charge in [-0.05, 0) is 70.7 Å². The molecule has 1 aromatic heterocycles. The Morgan fingerprint density at radius 3 is 2.25 bits per heavy atom. The minimum absolute atomic E-state index is 0.0638. The Morgan fingerprint density at radius 2 is 1.58 bits per heavy atom. The maximum Gasteiger partial charge on any atom is 0.329 e. The molecule has 3 heterocycles. The van der Waals surface area contributed by atoms with Gasteiger partial charge in [0, 0.05) is 37.8 Å². The van der Waals surface area contributed by atoms with E-state index in [1.54, 1.807) is 18.2 Å². The monoisotopic (exact) mass is 510 g/mol. The van der Waals surface area contributed by atoms with Crippen molar-refractivity contribution in [1.82, 2.24) is 18.3 Å². The van der Waals surface area contributed by atoms with Crippen LogP contribution in [-0.2, 0) is 16.6 Å². The van der Waals surface area contributed by atoms with Gasteiger partial charge in [-0.3, -0.25) is 18.8 Å². The van der Waals surface area contributed by atoms with E-state index in [0.717, 1.165) is 47.7 Å². The standard InChI is InChI=1S/C27H34N4O4S/c1-4-29-22-11-6-7-12-23(22)31(26(29)33)20-14-18-28(19-15-20)27(2,3)16-9-17-30-25(32)21-10-5-8-13-24(21)36(30,34)35/h5-8,10-13,20H,4,9,14-19H2,1-3H3. The smallest absolute Gasteiger partial charge is 0.298 e. The molecule has 8 nitrogen and oxygen atoms in total. The number of fused-ring (bicyclic) bond motifs is 2. The average molecular weight is 511 g/mol. The number of carbonyl (C=O) groups is 1. The topological polar surface area (TPSA) is 84.6 Å². The van der Waals surface area contributed by atoms with Crippen LogP contribution >= 0.6 is 0 Å². The lowest BCUT2D eigenvalue weighted by atomic mass is 9.92. The molecule has 0 atom stereocenters. The summed E-state index contributed by atoms with van der Waals surface area (Å²) in [6, 6.07) is 14.6. The third-order valence-electron chi connectivity index (χ3n) is 7.93. The van der Waals surface area contributed by atoms with Crippen LogP contribution < -0.4 is 5.69 Å². The quantitative estimate of drug-likeness (QED) is 0.482. The summed E-state index contributed by atoms with van der Waals surface area (Å²) in [5.74, 6) is -0.430. The predicted octanol–water partition coefficient (Wildman–Crippen LogP) is 3.86. The van der Waals surface area contributed by atoms with Gasteiger partial charge in [0.2, 0.25) is 0 Å². The molecule has 1 saturated heterocycles. The summed E-state index contributed by atoms with van der Waals surface area (Å²) in [7, 11) is -3.76. The molecule has 0 unspecified atom stereocenters. The molecule has 0 aliphatic carbocycles. The van der Waals surface area contributed by atoms with Crippen LogP contribution in [-0.4, -0.2) is 57.8 Å². The first-order chi connectivity index (χ1) is 17.2. The minimum atomic E-state index is -3.76. The van der Waals surface area contributed by atoms with E-state index < -0.39 is 15.9 Å². The molecule has 2 aliphatic heterocycles. The van der Waals surface area contributed by atoms with Gasteiger partial charge >= 0.3 is 5.69 Å². The Hall–Kier alpha value is -2.91. The van der Waals surface area contributed by atoms with Gasteiger partial charge in [0.15, 0.2) is 0 Å².